The first-order chi connectivity index (χ1) is 10.4. The van der Waals surface area contributed by atoms with Crippen molar-refractivity contribution in [3.05, 3.63) is 54.0 Å². The number of rotatable bonds is 7. The summed E-state index contributed by atoms with van der Waals surface area (Å²) < 4.78 is 31.9. The van der Waals surface area contributed by atoms with Crippen LogP contribution < -0.4 is 4.72 Å². The first-order valence-corrected chi connectivity index (χ1v) is 8.69. The highest BCUT2D eigenvalue weighted by atomic mass is 32.2. The molecule has 1 aromatic carbocycles. The number of sulfonamides is 1. The molecule has 22 heavy (non-hydrogen) atoms. The maximum atomic E-state index is 12.2. The standard InChI is InChI=1S/C16H21NO4S/c1-12(2)13-5-7-14(8-6-13)22(19,20)17-10-9-15(18)16-4-3-11-21-16/h3-8,11-12,15,17-18H,9-10H2,1-2H3. The summed E-state index contributed by atoms with van der Waals surface area (Å²) in [5, 5.41) is 9.85. The molecule has 1 aromatic heterocycles. The molecule has 1 atom stereocenters. The van der Waals surface area contributed by atoms with E-state index in [9.17, 15) is 13.5 Å². The Morgan fingerprint density at radius 3 is 2.41 bits per heavy atom. The number of hydrogen-bond donors (Lipinski definition) is 2. The average molecular weight is 323 g/mol. The third-order valence-corrected chi connectivity index (χ3v) is 4.92. The highest BCUT2D eigenvalue weighted by molar-refractivity contribution is 7.89. The largest absolute Gasteiger partial charge is 0.467 e. The second-order valence-electron chi connectivity index (χ2n) is 5.44. The normalized spacial score (nSPS) is 13.5. The molecule has 6 heteroatoms. The molecule has 0 spiro atoms. The summed E-state index contributed by atoms with van der Waals surface area (Å²) in [6.07, 6.45) is 0.900. The first-order valence-electron chi connectivity index (χ1n) is 7.21. The van der Waals surface area contributed by atoms with E-state index in [0.29, 0.717) is 11.7 Å². The van der Waals surface area contributed by atoms with E-state index in [1.54, 1.807) is 24.3 Å². The van der Waals surface area contributed by atoms with Gasteiger partial charge in [0, 0.05) is 6.54 Å². The molecule has 0 radical (unpaired) electrons. The maximum Gasteiger partial charge on any atom is 0.240 e. The summed E-state index contributed by atoms with van der Waals surface area (Å²) in [6.45, 7) is 4.24. The van der Waals surface area contributed by atoms with E-state index in [4.69, 9.17) is 4.42 Å². The van der Waals surface area contributed by atoms with Crippen molar-refractivity contribution in [3.8, 4) is 0 Å². The van der Waals surface area contributed by atoms with Gasteiger partial charge in [-0.15, -0.1) is 0 Å². The number of nitrogens with one attached hydrogen (secondary N) is 1. The van der Waals surface area contributed by atoms with E-state index in [0.717, 1.165) is 5.56 Å². The SMILES string of the molecule is CC(C)c1ccc(S(=O)(=O)NCCC(O)c2ccco2)cc1. The van der Waals surface area contributed by atoms with Gasteiger partial charge in [0.2, 0.25) is 10.0 Å². The van der Waals surface area contributed by atoms with E-state index in [1.165, 1.54) is 6.26 Å². The molecular formula is C16H21NO4S. The number of furan rings is 1. The minimum Gasteiger partial charge on any atom is -0.467 e. The van der Waals surface area contributed by atoms with E-state index >= 15 is 0 Å². The van der Waals surface area contributed by atoms with Crippen molar-refractivity contribution in [2.45, 2.75) is 37.2 Å². The van der Waals surface area contributed by atoms with Crippen molar-refractivity contribution in [3.63, 3.8) is 0 Å². The summed E-state index contributed by atoms with van der Waals surface area (Å²) in [4.78, 5) is 0.226. The highest BCUT2D eigenvalue weighted by Crippen LogP contribution is 2.18. The Morgan fingerprint density at radius 2 is 1.86 bits per heavy atom. The molecule has 0 aliphatic heterocycles. The van der Waals surface area contributed by atoms with Gasteiger partial charge in [0.25, 0.3) is 0 Å². The van der Waals surface area contributed by atoms with Crippen LogP contribution in [-0.2, 0) is 10.0 Å². The second kappa shape index (κ2) is 7.09. The molecule has 0 saturated carbocycles. The fraction of sp³-hybridized carbons (Fsp3) is 0.375. The van der Waals surface area contributed by atoms with Crippen LogP contribution in [0.1, 0.15) is 43.6 Å². The Hall–Kier alpha value is -1.63. The Kier molecular flexibility index (Phi) is 5.39. The monoisotopic (exact) mass is 323 g/mol. The van der Waals surface area contributed by atoms with Crippen LogP contribution in [0.4, 0.5) is 0 Å². The topological polar surface area (TPSA) is 79.5 Å². The third kappa shape index (κ3) is 4.19. The molecule has 0 amide bonds. The predicted molar refractivity (Wildman–Crippen MR) is 84.0 cm³/mol. The van der Waals surface area contributed by atoms with Crippen molar-refractivity contribution < 1.29 is 17.9 Å². The zero-order valence-electron chi connectivity index (χ0n) is 12.7. The second-order valence-corrected chi connectivity index (χ2v) is 7.21. The van der Waals surface area contributed by atoms with E-state index in [2.05, 4.69) is 18.6 Å². The molecule has 2 N–H and O–H groups in total. The van der Waals surface area contributed by atoms with Gasteiger partial charge in [-0.2, -0.15) is 0 Å². The van der Waals surface area contributed by atoms with Gasteiger partial charge >= 0.3 is 0 Å². The van der Waals surface area contributed by atoms with Crippen molar-refractivity contribution in [2.75, 3.05) is 6.54 Å². The van der Waals surface area contributed by atoms with Gasteiger partial charge in [-0.1, -0.05) is 26.0 Å². The number of aliphatic hydroxyl groups excluding tert-OH is 1. The molecule has 2 rings (SSSR count). The van der Waals surface area contributed by atoms with Gasteiger partial charge in [-0.05, 0) is 42.2 Å². The van der Waals surface area contributed by atoms with E-state index in [1.807, 2.05) is 12.1 Å². The van der Waals surface area contributed by atoms with Crippen LogP contribution in [-0.4, -0.2) is 20.1 Å². The summed E-state index contributed by atoms with van der Waals surface area (Å²) in [5.41, 5.74) is 1.09. The molecule has 2 aromatic rings. The van der Waals surface area contributed by atoms with Crippen LogP contribution >= 0.6 is 0 Å². The zero-order valence-corrected chi connectivity index (χ0v) is 13.5. The fourth-order valence-corrected chi connectivity index (χ4v) is 3.12. The van der Waals surface area contributed by atoms with E-state index in [-0.39, 0.29) is 17.9 Å². The third-order valence-electron chi connectivity index (χ3n) is 3.44. The van der Waals surface area contributed by atoms with Crippen LogP contribution in [0.3, 0.4) is 0 Å². The molecule has 0 aliphatic carbocycles. The highest BCUT2D eigenvalue weighted by Gasteiger charge is 2.16. The van der Waals surface area contributed by atoms with Gasteiger partial charge in [-0.3, -0.25) is 0 Å². The lowest BCUT2D eigenvalue weighted by Gasteiger charge is -2.11. The Labute approximate surface area is 131 Å². The van der Waals surface area contributed by atoms with Crippen LogP contribution in [0.5, 0.6) is 0 Å². The summed E-state index contributed by atoms with van der Waals surface area (Å²) >= 11 is 0. The lowest BCUT2D eigenvalue weighted by atomic mass is 10.0. The lowest BCUT2D eigenvalue weighted by molar-refractivity contribution is 0.142. The summed E-state index contributed by atoms with van der Waals surface area (Å²) in [5.74, 6) is 0.786. The number of benzene rings is 1. The predicted octanol–water partition coefficient (Wildman–Crippen LogP) is 2.81. The summed E-state index contributed by atoms with van der Waals surface area (Å²) in [6, 6.07) is 10.2. The van der Waals surface area contributed by atoms with Gasteiger partial charge in [0.1, 0.15) is 11.9 Å². The molecule has 0 bridgehead atoms. The Balaban J connectivity index is 1.93. The molecule has 0 fully saturated rings. The smallest absolute Gasteiger partial charge is 0.240 e. The molecule has 120 valence electrons. The van der Waals surface area contributed by atoms with Gasteiger partial charge < -0.3 is 9.52 Å². The molecule has 1 heterocycles. The molecule has 0 aliphatic rings. The van der Waals surface area contributed by atoms with Crippen molar-refractivity contribution >= 4 is 10.0 Å². The van der Waals surface area contributed by atoms with Gasteiger partial charge in [0.05, 0.1) is 11.2 Å². The van der Waals surface area contributed by atoms with Crippen LogP contribution in [0.2, 0.25) is 0 Å². The molecule has 0 saturated heterocycles. The molecular weight excluding hydrogens is 302 g/mol. The van der Waals surface area contributed by atoms with Crippen molar-refractivity contribution in [2.24, 2.45) is 0 Å². The number of aliphatic hydroxyl groups is 1. The van der Waals surface area contributed by atoms with Crippen molar-refractivity contribution in [1.29, 1.82) is 0 Å². The fourth-order valence-electron chi connectivity index (χ4n) is 2.07. The lowest BCUT2D eigenvalue weighted by Crippen LogP contribution is -2.25. The van der Waals surface area contributed by atoms with E-state index < -0.39 is 16.1 Å². The van der Waals surface area contributed by atoms with Crippen LogP contribution in [0.25, 0.3) is 0 Å². The summed E-state index contributed by atoms with van der Waals surface area (Å²) in [7, 11) is -3.56. The molecule has 1 unspecified atom stereocenters. The minimum atomic E-state index is -3.56. The average Bonchev–Trinajstić information content (AvgIpc) is 3.01. The quantitative estimate of drug-likeness (QED) is 0.821. The van der Waals surface area contributed by atoms with Gasteiger partial charge in [-0.25, -0.2) is 13.1 Å². The Morgan fingerprint density at radius 1 is 1.18 bits per heavy atom. The molecule has 5 nitrogen and oxygen atoms in total. The van der Waals surface area contributed by atoms with Gasteiger partial charge in [0.15, 0.2) is 0 Å². The van der Waals surface area contributed by atoms with Crippen molar-refractivity contribution in [1.82, 2.24) is 4.72 Å². The maximum absolute atomic E-state index is 12.2. The van der Waals surface area contributed by atoms with Crippen LogP contribution in [0.15, 0.2) is 52.0 Å². The Bertz CT molecular complexity index is 675. The number of hydrogen-bond acceptors (Lipinski definition) is 4. The first kappa shape index (κ1) is 16.7. The minimum absolute atomic E-state index is 0.135. The van der Waals surface area contributed by atoms with Crippen LogP contribution in [0, 0.1) is 0 Å². The zero-order chi connectivity index (χ0) is 16.2.